The maximum atomic E-state index is 6.53. The SMILES string of the molecule is CC(C)(C)[Si](C)(C)OC1CC=C(c2ncc3nc(N)sc3n2)CC1. The van der Waals surface area contributed by atoms with Crippen LogP contribution in [0.4, 0.5) is 5.13 Å². The first-order chi connectivity index (χ1) is 11.2. The first-order valence-corrected chi connectivity index (χ1v) is 12.1. The zero-order valence-electron chi connectivity index (χ0n) is 15.1. The molecule has 5 nitrogen and oxygen atoms in total. The van der Waals surface area contributed by atoms with Crippen LogP contribution >= 0.6 is 11.3 Å². The van der Waals surface area contributed by atoms with Gasteiger partial charge in [-0.1, -0.05) is 38.2 Å². The molecule has 1 aliphatic rings. The number of anilines is 1. The average Bonchev–Trinajstić information content (AvgIpc) is 2.85. The van der Waals surface area contributed by atoms with Crippen LogP contribution in [0.3, 0.4) is 0 Å². The zero-order chi connectivity index (χ0) is 17.5. The van der Waals surface area contributed by atoms with E-state index in [9.17, 15) is 0 Å². The summed E-state index contributed by atoms with van der Waals surface area (Å²) in [5.41, 5.74) is 7.73. The van der Waals surface area contributed by atoms with E-state index >= 15 is 0 Å². The van der Waals surface area contributed by atoms with Gasteiger partial charge in [0.2, 0.25) is 0 Å². The van der Waals surface area contributed by atoms with Gasteiger partial charge in [-0.05, 0) is 43.0 Å². The van der Waals surface area contributed by atoms with Gasteiger partial charge in [0.05, 0.1) is 6.20 Å². The van der Waals surface area contributed by atoms with Crippen LogP contribution < -0.4 is 5.73 Å². The van der Waals surface area contributed by atoms with Gasteiger partial charge in [0, 0.05) is 6.10 Å². The molecule has 0 bridgehead atoms. The molecule has 0 fully saturated rings. The van der Waals surface area contributed by atoms with Gasteiger partial charge in [-0.25, -0.2) is 15.0 Å². The van der Waals surface area contributed by atoms with Crippen LogP contribution in [0, 0.1) is 0 Å². The molecule has 2 N–H and O–H groups in total. The number of allylic oxidation sites excluding steroid dienone is 1. The highest BCUT2D eigenvalue weighted by molar-refractivity contribution is 7.21. The highest BCUT2D eigenvalue weighted by Crippen LogP contribution is 2.39. The Morgan fingerprint density at radius 1 is 1.29 bits per heavy atom. The lowest BCUT2D eigenvalue weighted by Crippen LogP contribution is -2.44. The standard InChI is InChI=1S/C17H26N4OSSi/c1-17(2,3)24(4,5)22-12-8-6-11(7-9-12)14-19-10-13-15(21-14)23-16(18)20-13/h6,10,12H,7-9H2,1-5H3,(H2,18,20). The number of aromatic nitrogens is 3. The van der Waals surface area contributed by atoms with Crippen molar-refractivity contribution in [2.45, 2.75) is 64.3 Å². The molecule has 1 aliphatic carbocycles. The lowest BCUT2D eigenvalue weighted by Gasteiger charge is -2.40. The van der Waals surface area contributed by atoms with E-state index in [1.165, 1.54) is 16.9 Å². The minimum absolute atomic E-state index is 0.247. The van der Waals surface area contributed by atoms with Gasteiger partial charge in [-0.2, -0.15) is 0 Å². The largest absolute Gasteiger partial charge is 0.414 e. The lowest BCUT2D eigenvalue weighted by atomic mass is 9.97. The Bertz CT molecular complexity index is 778. The Morgan fingerprint density at radius 2 is 2.04 bits per heavy atom. The molecule has 0 saturated heterocycles. The summed E-state index contributed by atoms with van der Waals surface area (Å²) in [6.45, 7) is 11.5. The summed E-state index contributed by atoms with van der Waals surface area (Å²) < 4.78 is 6.53. The Hall–Kier alpha value is -1.31. The van der Waals surface area contributed by atoms with Gasteiger partial charge in [-0.3, -0.25) is 0 Å². The fraction of sp³-hybridized carbons (Fsp3) is 0.588. The van der Waals surface area contributed by atoms with Crippen molar-refractivity contribution in [1.82, 2.24) is 15.0 Å². The number of thiazole rings is 1. The van der Waals surface area contributed by atoms with E-state index in [2.05, 4.69) is 54.9 Å². The first-order valence-electron chi connectivity index (χ1n) is 8.42. The maximum absolute atomic E-state index is 6.53. The molecule has 0 aliphatic heterocycles. The third kappa shape index (κ3) is 3.53. The van der Waals surface area contributed by atoms with Crippen molar-refractivity contribution in [3.05, 3.63) is 18.1 Å². The van der Waals surface area contributed by atoms with Gasteiger partial charge in [0.15, 0.2) is 19.3 Å². The molecule has 2 aromatic heterocycles. The molecule has 0 aromatic carbocycles. The molecule has 7 heteroatoms. The van der Waals surface area contributed by atoms with Crippen LogP contribution in [0.25, 0.3) is 15.9 Å². The smallest absolute Gasteiger partial charge is 0.192 e. The molecule has 1 atom stereocenters. The van der Waals surface area contributed by atoms with E-state index < -0.39 is 8.32 Å². The molecule has 0 radical (unpaired) electrons. The van der Waals surface area contributed by atoms with Crippen molar-refractivity contribution < 1.29 is 4.43 Å². The summed E-state index contributed by atoms with van der Waals surface area (Å²) in [6, 6.07) is 0. The van der Waals surface area contributed by atoms with Crippen molar-refractivity contribution in [3.63, 3.8) is 0 Å². The van der Waals surface area contributed by atoms with E-state index in [4.69, 9.17) is 10.2 Å². The second-order valence-electron chi connectivity index (χ2n) is 7.94. The van der Waals surface area contributed by atoms with Crippen molar-refractivity contribution in [3.8, 4) is 0 Å². The molecule has 3 rings (SSSR count). The molecule has 2 heterocycles. The number of rotatable bonds is 3. The molecule has 1 unspecified atom stereocenters. The van der Waals surface area contributed by atoms with E-state index in [0.717, 1.165) is 35.4 Å². The number of hydrogen-bond acceptors (Lipinski definition) is 6. The molecule has 0 amide bonds. The molecule has 0 saturated carbocycles. The van der Waals surface area contributed by atoms with Crippen molar-refractivity contribution in [1.29, 1.82) is 0 Å². The number of nitrogens with two attached hydrogens (primary N) is 1. The number of hydrogen-bond donors (Lipinski definition) is 1. The summed E-state index contributed by atoms with van der Waals surface area (Å²) >= 11 is 1.41. The minimum Gasteiger partial charge on any atom is -0.414 e. The third-order valence-electron chi connectivity index (χ3n) is 5.09. The average molecular weight is 363 g/mol. The lowest BCUT2D eigenvalue weighted by molar-refractivity contribution is 0.172. The Labute approximate surface area is 148 Å². The zero-order valence-corrected chi connectivity index (χ0v) is 16.9. The molecule has 130 valence electrons. The van der Waals surface area contributed by atoms with Gasteiger partial charge < -0.3 is 10.2 Å². The predicted octanol–water partition coefficient (Wildman–Crippen LogP) is 4.63. The quantitative estimate of drug-likeness (QED) is 0.806. The van der Waals surface area contributed by atoms with E-state index in [0.29, 0.717) is 11.2 Å². The van der Waals surface area contributed by atoms with Crippen LogP contribution in [0.5, 0.6) is 0 Å². The van der Waals surface area contributed by atoms with Gasteiger partial charge >= 0.3 is 0 Å². The molecular weight excluding hydrogens is 336 g/mol. The van der Waals surface area contributed by atoms with Crippen LogP contribution in [0.2, 0.25) is 18.1 Å². The van der Waals surface area contributed by atoms with Crippen molar-refractivity contribution in [2.75, 3.05) is 5.73 Å². The predicted molar refractivity (Wildman–Crippen MR) is 104 cm³/mol. The number of fused-ring (bicyclic) bond motifs is 1. The van der Waals surface area contributed by atoms with Crippen LogP contribution in [0.15, 0.2) is 12.3 Å². The fourth-order valence-corrected chi connectivity index (χ4v) is 4.70. The Balaban J connectivity index is 1.72. The topological polar surface area (TPSA) is 73.9 Å². The van der Waals surface area contributed by atoms with Gasteiger partial charge in [0.25, 0.3) is 0 Å². The van der Waals surface area contributed by atoms with Crippen molar-refractivity contribution >= 4 is 40.7 Å². The Kier molecular flexibility index (Phi) is 4.52. The highest BCUT2D eigenvalue weighted by Gasteiger charge is 2.39. The molecular formula is C17H26N4OSSi. The normalized spacial score (nSPS) is 19.5. The second kappa shape index (κ2) is 6.20. The highest BCUT2D eigenvalue weighted by atomic mass is 32.1. The summed E-state index contributed by atoms with van der Waals surface area (Å²) in [4.78, 5) is 14.2. The summed E-state index contributed by atoms with van der Waals surface area (Å²) in [5, 5.41) is 0.786. The molecule has 2 aromatic rings. The summed E-state index contributed by atoms with van der Waals surface area (Å²) in [6.07, 6.45) is 7.26. The molecule has 24 heavy (non-hydrogen) atoms. The first kappa shape index (κ1) is 17.5. The third-order valence-corrected chi connectivity index (χ3v) is 10.4. The van der Waals surface area contributed by atoms with E-state index in [-0.39, 0.29) is 5.04 Å². The van der Waals surface area contributed by atoms with Crippen molar-refractivity contribution in [2.24, 2.45) is 0 Å². The second-order valence-corrected chi connectivity index (χ2v) is 13.7. The van der Waals surface area contributed by atoms with E-state index in [1.807, 2.05) is 0 Å². The monoisotopic (exact) mass is 362 g/mol. The Morgan fingerprint density at radius 3 is 2.67 bits per heavy atom. The van der Waals surface area contributed by atoms with Gasteiger partial charge in [-0.15, -0.1) is 0 Å². The van der Waals surface area contributed by atoms with E-state index in [1.54, 1.807) is 6.20 Å². The fourth-order valence-electron chi connectivity index (χ4n) is 2.62. The van der Waals surface area contributed by atoms with Crippen LogP contribution in [0.1, 0.15) is 45.9 Å². The minimum atomic E-state index is -1.71. The summed E-state index contributed by atoms with van der Waals surface area (Å²) in [5.74, 6) is 0.803. The number of nitrogens with zero attached hydrogens (tertiary/aromatic N) is 3. The maximum Gasteiger partial charge on any atom is 0.192 e. The van der Waals surface area contributed by atoms with Crippen LogP contribution in [-0.2, 0) is 4.43 Å². The molecule has 0 spiro atoms. The summed E-state index contributed by atoms with van der Waals surface area (Å²) in [7, 11) is -1.71. The van der Waals surface area contributed by atoms with Crippen LogP contribution in [-0.4, -0.2) is 29.4 Å². The van der Waals surface area contributed by atoms with Gasteiger partial charge in [0.1, 0.15) is 10.3 Å². The number of nitrogen functional groups attached to an aromatic ring is 1.